The van der Waals surface area contributed by atoms with Crippen LogP contribution in [0, 0.1) is 11.8 Å². The highest BCUT2D eigenvalue weighted by Gasteiger charge is 2.19. The first-order valence-electron chi connectivity index (χ1n) is 4.53. The number of hydrogen-bond donors (Lipinski definition) is 1. The lowest BCUT2D eigenvalue weighted by Gasteiger charge is -2.24. The summed E-state index contributed by atoms with van der Waals surface area (Å²) < 4.78 is 0. The number of hydrogen-bond acceptors (Lipinski definition) is 1. The summed E-state index contributed by atoms with van der Waals surface area (Å²) in [6.45, 7) is 11.6. The molecule has 0 fully saturated rings. The third-order valence-electron chi connectivity index (χ3n) is 2.20. The Bertz CT molecular complexity index is 138. The molecule has 0 aliphatic carbocycles. The Morgan fingerprint density at radius 1 is 1.17 bits per heavy atom. The fourth-order valence-corrected chi connectivity index (χ4v) is 1.41. The summed E-state index contributed by atoms with van der Waals surface area (Å²) in [5.41, 5.74) is 0. The molecule has 0 aromatic heterocycles. The van der Waals surface area contributed by atoms with Crippen molar-refractivity contribution < 1.29 is 5.11 Å². The molecule has 0 unspecified atom stereocenters. The van der Waals surface area contributed by atoms with E-state index in [0.29, 0.717) is 18.3 Å². The number of aliphatic hydroxyl groups excluding tert-OH is 1. The predicted octanol–water partition coefficient (Wildman–Crippen LogP) is 2.77. The van der Waals surface area contributed by atoms with Crippen LogP contribution in [0.15, 0.2) is 25.3 Å². The van der Waals surface area contributed by atoms with E-state index in [9.17, 15) is 5.11 Å². The molecule has 0 rings (SSSR count). The van der Waals surface area contributed by atoms with E-state index in [-0.39, 0.29) is 6.10 Å². The lowest BCUT2D eigenvalue weighted by atomic mass is 9.86. The van der Waals surface area contributed by atoms with Crippen LogP contribution in [0.4, 0.5) is 0 Å². The largest absolute Gasteiger partial charge is 0.392 e. The third kappa shape index (κ3) is 3.72. The first-order valence-corrected chi connectivity index (χ1v) is 4.53. The Balaban J connectivity index is 4.07. The summed E-state index contributed by atoms with van der Waals surface area (Å²) in [4.78, 5) is 0. The van der Waals surface area contributed by atoms with Gasteiger partial charge in [0.25, 0.3) is 0 Å². The zero-order valence-electron chi connectivity index (χ0n) is 8.16. The molecule has 0 saturated heterocycles. The van der Waals surface area contributed by atoms with Crippen molar-refractivity contribution >= 4 is 0 Å². The van der Waals surface area contributed by atoms with Crippen molar-refractivity contribution in [2.75, 3.05) is 0 Å². The number of aliphatic hydroxyl groups is 1. The average molecular weight is 168 g/mol. The van der Waals surface area contributed by atoms with E-state index in [1.54, 1.807) is 6.08 Å². The maximum absolute atomic E-state index is 9.69. The smallest absolute Gasteiger partial charge is 0.0608 e. The Labute approximate surface area is 75.8 Å². The fourth-order valence-electron chi connectivity index (χ4n) is 1.41. The van der Waals surface area contributed by atoms with E-state index >= 15 is 0 Å². The molecule has 1 N–H and O–H groups in total. The van der Waals surface area contributed by atoms with E-state index < -0.39 is 0 Å². The SMILES string of the molecule is C=CC[C@@H](O)[C@H](CC=C)C(C)C. The van der Waals surface area contributed by atoms with Gasteiger partial charge in [-0.25, -0.2) is 0 Å². The zero-order chi connectivity index (χ0) is 9.56. The van der Waals surface area contributed by atoms with Gasteiger partial charge in [-0.05, 0) is 24.7 Å². The molecule has 2 atom stereocenters. The number of allylic oxidation sites excluding steroid dienone is 1. The molecule has 0 bridgehead atoms. The average Bonchev–Trinajstić information content (AvgIpc) is 1.99. The van der Waals surface area contributed by atoms with Gasteiger partial charge in [-0.3, -0.25) is 0 Å². The Morgan fingerprint density at radius 2 is 1.67 bits per heavy atom. The van der Waals surface area contributed by atoms with Gasteiger partial charge in [0.15, 0.2) is 0 Å². The van der Waals surface area contributed by atoms with Gasteiger partial charge in [0, 0.05) is 0 Å². The van der Waals surface area contributed by atoms with Crippen molar-refractivity contribution in [2.24, 2.45) is 11.8 Å². The molecule has 0 saturated carbocycles. The maximum atomic E-state index is 9.69. The van der Waals surface area contributed by atoms with Crippen LogP contribution < -0.4 is 0 Å². The van der Waals surface area contributed by atoms with Crippen molar-refractivity contribution in [3.63, 3.8) is 0 Å². The van der Waals surface area contributed by atoms with Crippen LogP contribution in [-0.2, 0) is 0 Å². The second kappa shape index (κ2) is 6.01. The number of rotatable bonds is 6. The van der Waals surface area contributed by atoms with Crippen LogP contribution in [0.1, 0.15) is 26.7 Å². The molecule has 1 heteroatoms. The molecule has 0 aliphatic heterocycles. The van der Waals surface area contributed by atoms with Crippen LogP contribution in [0.25, 0.3) is 0 Å². The first-order chi connectivity index (χ1) is 5.63. The van der Waals surface area contributed by atoms with Crippen molar-refractivity contribution in [3.05, 3.63) is 25.3 Å². The summed E-state index contributed by atoms with van der Waals surface area (Å²) in [5, 5.41) is 9.69. The van der Waals surface area contributed by atoms with Gasteiger partial charge in [-0.1, -0.05) is 26.0 Å². The predicted molar refractivity (Wildman–Crippen MR) is 54.0 cm³/mol. The minimum absolute atomic E-state index is 0.263. The highest BCUT2D eigenvalue weighted by molar-refractivity contribution is 4.84. The summed E-state index contributed by atoms with van der Waals surface area (Å²) >= 11 is 0. The minimum Gasteiger partial charge on any atom is -0.392 e. The van der Waals surface area contributed by atoms with Gasteiger partial charge in [-0.15, -0.1) is 13.2 Å². The molecule has 1 nitrogen and oxygen atoms in total. The maximum Gasteiger partial charge on any atom is 0.0608 e. The van der Waals surface area contributed by atoms with E-state index in [1.807, 2.05) is 6.08 Å². The standard InChI is InChI=1S/C11H20O/c1-5-7-10(9(3)4)11(12)8-6-2/h5-6,9-12H,1-2,7-8H2,3-4H3/t10-,11-/m1/s1. The molecule has 0 radical (unpaired) electrons. The van der Waals surface area contributed by atoms with Gasteiger partial charge < -0.3 is 5.11 Å². The third-order valence-corrected chi connectivity index (χ3v) is 2.20. The van der Waals surface area contributed by atoms with Gasteiger partial charge in [0.2, 0.25) is 0 Å². The van der Waals surface area contributed by atoms with Crippen LogP contribution in [-0.4, -0.2) is 11.2 Å². The summed E-state index contributed by atoms with van der Waals surface area (Å²) in [7, 11) is 0. The molecular weight excluding hydrogens is 148 g/mol. The molecule has 0 aromatic rings. The lowest BCUT2D eigenvalue weighted by Crippen LogP contribution is -2.24. The van der Waals surface area contributed by atoms with Gasteiger partial charge in [-0.2, -0.15) is 0 Å². The van der Waals surface area contributed by atoms with E-state index in [4.69, 9.17) is 0 Å². The van der Waals surface area contributed by atoms with Crippen molar-refractivity contribution in [1.29, 1.82) is 0 Å². The van der Waals surface area contributed by atoms with Crippen molar-refractivity contribution in [1.82, 2.24) is 0 Å². The quantitative estimate of drug-likeness (QED) is 0.605. The molecule has 0 aliphatic rings. The summed E-state index contributed by atoms with van der Waals surface area (Å²) in [6.07, 6.45) is 4.93. The van der Waals surface area contributed by atoms with Gasteiger partial charge in [0.1, 0.15) is 0 Å². The molecule has 0 spiro atoms. The van der Waals surface area contributed by atoms with E-state index in [1.165, 1.54) is 0 Å². The van der Waals surface area contributed by atoms with E-state index in [2.05, 4.69) is 27.0 Å². The molecular formula is C11H20O. The minimum atomic E-state index is -0.263. The Hall–Kier alpha value is -0.560. The summed E-state index contributed by atoms with van der Waals surface area (Å²) in [5.74, 6) is 0.818. The van der Waals surface area contributed by atoms with Crippen LogP contribution >= 0.6 is 0 Å². The molecule has 0 aromatic carbocycles. The van der Waals surface area contributed by atoms with Crippen LogP contribution in [0.2, 0.25) is 0 Å². The molecule has 0 heterocycles. The molecule has 12 heavy (non-hydrogen) atoms. The highest BCUT2D eigenvalue weighted by atomic mass is 16.3. The van der Waals surface area contributed by atoms with Gasteiger partial charge >= 0.3 is 0 Å². The second-order valence-electron chi connectivity index (χ2n) is 3.52. The van der Waals surface area contributed by atoms with Crippen molar-refractivity contribution in [3.8, 4) is 0 Å². The topological polar surface area (TPSA) is 20.2 Å². The first kappa shape index (κ1) is 11.4. The normalized spacial score (nSPS) is 15.7. The monoisotopic (exact) mass is 168 g/mol. The lowest BCUT2D eigenvalue weighted by molar-refractivity contribution is 0.0855. The van der Waals surface area contributed by atoms with Crippen LogP contribution in [0.5, 0.6) is 0 Å². The van der Waals surface area contributed by atoms with E-state index in [0.717, 1.165) is 6.42 Å². The van der Waals surface area contributed by atoms with Gasteiger partial charge in [0.05, 0.1) is 6.10 Å². The Kier molecular flexibility index (Phi) is 5.73. The molecule has 0 amide bonds. The Morgan fingerprint density at radius 3 is 2.00 bits per heavy atom. The highest BCUT2D eigenvalue weighted by Crippen LogP contribution is 2.21. The summed E-state index contributed by atoms with van der Waals surface area (Å²) in [6, 6.07) is 0. The van der Waals surface area contributed by atoms with Crippen LogP contribution in [0.3, 0.4) is 0 Å². The van der Waals surface area contributed by atoms with Crippen molar-refractivity contribution in [2.45, 2.75) is 32.8 Å². The zero-order valence-corrected chi connectivity index (χ0v) is 8.16. The fraction of sp³-hybridized carbons (Fsp3) is 0.636. The molecule has 70 valence electrons. The second-order valence-corrected chi connectivity index (χ2v) is 3.52.